The third kappa shape index (κ3) is 3.76. The zero-order valence-corrected chi connectivity index (χ0v) is 14.0. The highest BCUT2D eigenvalue weighted by Crippen LogP contribution is 2.39. The maximum Gasteiger partial charge on any atom is 0.138 e. The Kier molecular flexibility index (Phi) is 5.63. The molecule has 21 heavy (non-hydrogen) atoms. The van der Waals surface area contributed by atoms with Gasteiger partial charge in [-0.2, -0.15) is 0 Å². The second-order valence-corrected chi connectivity index (χ2v) is 5.62. The largest absolute Gasteiger partial charge is 0.495 e. The number of methoxy groups -OCH3 is 1. The van der Waals surface area contributed by atoms with E-state index in [0.29, 0.717) is 22.4 Å². The molecule has 0 aromatic heterocycles. The number of benzene rings is 2. The van der Waals surface area contributed by atoms with Crippen molar-refractivity contribution < 1.29 is 9.47 Å². The first-order valence-electron chi connectivity index (χ1n) is 6.46. The minimum absolute atomic E-state index is 0.392. The van der Waals surface area contributed by atoms with Gasteiger partial charge in [0.05, 0.1) is 24.1 Å². The highest BCUT2D eigenvalue weighted by Gasteiger charge is 2.17. The summed E-state index contributed by atoms with van der Waals surface area (Å²) in [6, 6.07) is 11.0. The fourth-order valence-electron chi connectivity index (χ4n) is 1.97. The van der Waals surface area contributed by atoms with Crippen LogP contribution in [0.2, 0.25) is 10.0 Å². The molecule has 2 aromatic rings. The normalized spacial score (nSPS) is 12.0. The van der Waals surface area contributed by atoms with Gasteiger partial charge in [0.15, 0.2) is 0 Å². The van der Waals surface area contributed by atoms with E-state index >= 15 is 0 Å². The standard InChI is InChI=1S/C16H15Cl3O2/c1-3-21-11-6-4-10(5-7-11)16(19)12-8-14(18)15(20-2)9-13(12)17/h4-9,16H,3H2,1-2H3. The minimum Gasteiger partial charge on any atom is -0.495 e. The number of halogens is 3. The molecule has 0 fully saturated rings. The molecular weight excluding hydrogens is 331 g/mol. The molecule has 0 aliphatic carbocycles. The highest BCUT2D eigenvalue weighted by atomic mass is 35.5. The van der Waals surface area contributed by atoms with Gasteiger partial charge in [0.1, 0.15) is 11.5 Å². The van der Waals surface area contributed by atoms with Crippen molar-refractivity contribution in [2.75, 3.05) is 13.7 Å². The third-order valence-corrected chi connectivity index (χ3v) is 4.14. The predicted molar refractivity (Wildman–Crippen MR) is 88.3 cm³/mol. The van der Waals surface area contributed by atoms with Crippen molar-refractivity contribution in [1.29, 1.82) is 0 Å². The van der Waals surface area contributed by atoms with Crippen LogP contribution in [-0.2, 0) is 0 Å². The van der Waals surface area contributed by atoms with Gasteiger partial charge in [0.25, 0.3) is 0 Å². The van der Waals surface area contributed by atoms with Crippen LogP contribution in [0.1, 0.15) is 23.4 Å². The number of alkyl halides is 1. The van der Waals surface area contributed by atoms with Crippen LogP contribution in [0, 0.1) is 0 Å². The molecule has 0 saturated carbocycles. The quantitative estimate of drug-likeness (QED) is 0.644. The predicted octanol–water partition coefficient (Wildman–Crippen LogP) is 5.73. The maximum atomic E-state index is 6.51. The lowest BCUT2D eigenvalue weighted by Gasteiger charge is -2.15. The van der Waals surface area contributed by atoms with Crippen LogP contribution in [-0.4, -0.2) is 13.7 Å². The van der Waals surface area contributed by atoms with E-state index in [2.05, 4.69) is 0 Å². The number of hydrogen-bond donors (Lipinski definition) is 0. The summed E-state index contributed by atoms with van der Waals surface area (Å²) in [5, 5.41) is 0.607. The summed E-state index contributed by atoms with van der Waals surface area (Å²) >= 11 is 18.9. The number of ether oxygens (including phenoxy) is 2. The first kappa shape index (κ1) is 16.3. The summed E-state index contributed by atoms with van der Waals surface area (Å²) in [7, 11) is 1.54. The number of rotatable bonds is 5. The molecule has 0 saturated heterocycles. The Morgan fingerprint density at radius 2 is 1.71 bits per heavy atom. The van der Waals surface area contributed by atoms with E-state index in [4.69, 9.17) is 44.3 Å². The summed E-state index contributed by atoms with van der Waals surface area (Å²) < 4.78 is 10.5. The smallest absolute Gasteiger partial charge is 0.138 e. The van der Waals surface area contributed by atoms with Crippen molar-refractivity contribution in [3.8, 4) is 11.5 Å². The van der Waals surface area contributed by atoms with Crippen LogP contribution >= 0.6 is 34.8 Å². The second-order valence-electron chi connectivity index (χ2n) is 4.37. The lowest BCUT2D eigenvalue weighted by molar-refractivity contribution is 0.340. The summed E-state index contributed by atoms with van der Waals surface area (Å²) in [5.41, 5.74) is 1.66. The molecule has 0 amide bonds. The van der Waals surface area contributed by atoms with Gasteiger partial charge in [-0.3, -0.25) is 0 Å². The zero-order valence-electron chi connectivity index (χ0n) is 11.7. The fraction of sp³-hybridized carbons (Fsp3) is 0.250. The molecule has 2 aromatic carbocycles. The SMILES string of the molecule is CCOc1ccc(C(Cl)c2cc(Cl)c(OC)cc2Cl)cc1. The molecule has 0 N–H and O–H groups in total. The van der Waals surface area contributed by atoms with Gasteiger partial charge in [-0.1, -0.05) is 35.3 Å². The van der Waals surface area contributed by atoms with Gasteiger partial charge >= 0.3 is 0 Å². The van der Waals surface area contributed by atoms with E-state index < -0.39 is 5.38 Å². The van der Waals surface area contributed by atoms with Crippen molar-refractivity contribution >= 4 is 34.8 Å². The molecule has 2 rings (SSSR count). The Labute approximate surface area is 139 Å². The molecule has 1 unspecified atom stereocenters. The van der Waals surface area contributed by atoms with Crippen LogP contribution in [0.4, 0.5) is 0 Å². The Bertz CT molecular complexity index is 612. The molecule has 0 aliphatic heterocycles. The van der Waals surface area contributed by atoms with Crippen molar-refractivity contribution in [3.63, 3.8) is 0 Å². The first-order chi connectivity index (χ1) is 10.1. The van der Waals surface area contributed by atoms with Crippen LogP contribution in [0.5, 0.6) is 11.5 Å². The van der Waals surface area contributed by atoms with Gasteiger partial charge in [-0.15, -0.1) is 11.6 Å². The third-order valence-electron chi connectivity index (χ3n) is 3.03. The minimum atomic E-state index is -0.392. The van der Waals surface area contributed by atoms with E-state index in [0.717, 1.165) is 16.9 Å². The van der Waals surface area contributed by atoms with E-state index in [1.807, 2.05) is 31.2 Å². The van der Waals surface area contributed by atoms with Crippen molar-refractivity contribution in [1.82, 2.24) is 0 Å². The summed E-state index contributed by atoms with van der Waals surface area (Å²) in [4.78, 5) is 0. The van der Waals surface area contributed by atoms with Crippen LogP contribution in [0.25, 0.3) is 0 Å². The van der Waals surface area contributed by atoms with E-state index in [1.54, 1.807) is 19.2 Å². The molecule has 0 bridgehead atoms. The molecule has 0 radical (unpaired) electrons. The lowest BCUT2D eigenvalue weighted by atomic mass is 10.0. The molecule has 0 spiro atoms. The molecule has 0 heterocycles. The fourth-order valence-corrected chi connectivity index (χ4v) is 2.87. The van der Waals surface area contributed by atoms with E-state index in [9.17, 15) is 0 Å². The van der Waals surface area contributed by atoms with Crippen molar-refractivity contribution in [3.05, 3.63) is 57.6 Å². The second kappa shape index (κ2) is 7.26. The molecule has 5 heteroatoms. The van der Waals surface area contributed by atoms with Gasteiger partial charge in [0, 0.05) is 11.1 Å². The maximum absolute atomic E-state index is 6.51. The Morgan fingerprint density at radius 3 is 2.29 bits per heavy atom. The summed E-state index contributed by atoms with van der Waals surface area (Å²) in [5.74, 6) is 1.34. The molecule has 0 aliphatic rings. The molecule has 2 nitrogen and oxygen atoms in total. The topological polar surface area (TPSA) is 18.5 Å². The first-order valence-corrected chi connectivity index (χ1v) is 7.65. The van der Waals surface area contributed by atoms with Gasteiger partial charge < -0.3 is 9.47 Å². The Hall–Kier alpha value is -1.09. The zero-order chi connectivity index (χ0) is 15.4. The molecule has 112 valence electrons. The Morgan fingerprint density at radius 1 is 1.05 bits per heavy atom. The molecular formula is C16H15Cl3O2. The lowest BCUT2D eigenvalue weighted by Crippen LogP contribution is -1.97. The van der Waals surface area contributed by atoms with Gasteiger partial charge in [-0.25, -0.2) is 0 Å². The van der Waals surface area contributed by atoms with Crippen LogP contribution in [0.3, 0.4) is 0 Å². The van der Waals surface area contributed by atoms with Crippen molar-refractivity contribution in [2.45, 2.75) is 12.3 Å². The monoisotopic (exact) mass is 344 g/mol. The Balaban J connectivity index is 2.31. The average molecular weight is 346 g/mol. The average Bonchev–Trinajstić information content (AvgIpc) is 2.49. The van der Waals surface area contributed by atoms with E-state index in [-0.39, 0.29) is 0 Å². The summed E-state index contributed by atoms with van der Waals surface area (Å²) in [6.07, 6.45) is 0. The van der Waals surface area contributed by atoms with Crippen molar-refractivity contribution in [2.24, 2.45) is 0 Å². The highest BCUT2D eigenvalue weighted by molar-refractivity contribution is 6.36. The molecule has 1 atom stereocenters. The number of hydrogen-bond acceptors (Lipinski definition) is 2. The van der Waals surface area contributed by atoms with Crippen LogP contribution < -0.4 is 9.47 Å². The van der Waals surface area contributed by atoms with Crippen LogP contribution in [0.15, 0.2) is 36.4 Å². The van der Waals surface area contributed by atoms with E-state index in [1.165, 1.54) is 0 Å². The van der Waals surface area contributed by atoms with Gasteiger partial charge in [-0.05, 0) is 36.2 Å². The summed E-state index contributed by atoms with van der Waals surface area (Å²) in [6.45, 7) is 2.57. The van der Waals surface area contributed by atoms with Gasteiger partial charge in [0.2, 0.25) is 0 Å².